The molecule has 66 valence electrons. The first kappa shape index (κ1) is 8.80. The lowest BCUT2D eigenvalue weighted by Gasteiger charge is -2.06. The number of rotatable bonds is 2. The lowest BCUT2D eigenvalue weighted by Crippen LogP contribution is -2.03. The molecular weight excluding hydrogens is 154 g/mol. The highest BCUT2D eigenvalue weighted by Gasteiger charge is 2.02. The van der Waals surface area contributed by atoms with E-state index in [1.54, 1.807) is 13.2 Å². The molecule has 0 fully saturated rings. The molecule has 4 N–H and O–H groups in total. The molecule has 0 saturated heterocycles. The van der Waals surface area contributed by atoms with Gasteiger partial charge in [-0.05, 0) is 13.0 Å². The van der Waals surface area contributed by atoms with E-state index in [1.165, 1.54) is 0 Å². The van der Waals surface area contributed by atoms with Crippen molar-refractivity contribution in [2.75, 3.05) is 18.6 Å². The molecule has 0 aromatic carbocycles. The number of aromatic nitrogens is 1. The summed E-state index contributed by atoms with van der Waals surface area (Å²) in [5, 5.41) is 0. The molecule has 1 aromatic heterocycles. The van der Waals surface area contributed by atoms with Crippen molar-refractivity contribution in [3.05, 3.63) is 17.5 Å². The first-order valence-electron chi connectivity index (χ1n) is 3.65. The average Bonchev–Trinajstić information content (AvgIpc) is 2.01. The summed E-state index contributed by atoms with van der Waals surface area (Å²) in [6.07, 6.45) is 0. The summed E-state index contributed by atoms with van der Waals surface area (Å²) in [5.74, 6) is 0. The van der Waals surface area contributed by atoms with Gasteiger partial charge in [0.05, 0.1) is 29.4 Å². The molecule has 1 rings (SSSR count). The molecule has 0 amide bonds. The van der Waals surface area contributed by atoms with Crippen LogP contribution in [0.25, 0.3) is 0 Å². The molecule has 0 atom stereocenters. The van der Waals surface area contributed by atoms with E-state index in [0.29, 0.717) is 18.0 Å². The molecule has 0 spiro atoms. The molecule has 4 heteroatoms. The van der Waals surface area contributed by atoms with Crippen LogP contribution in [0.15, 0.2) is 6.07 Å². The molecule has 0 aliphatic rings. The molecule has 12 heavy (non-hydrogen) atoms. The minimum Gasteiger partial charge on any atom is -0.397 e. The third-order valence-corrected chi connectivity index (χ3v) is 1.63. The number of methoxy groups -OCH3 is 1. The topological polar surface area (TPSA) is 74.2 Å². The Morgan fingerprint density at radius 3 is 2.67 bits per heavy atom. The van der Waals surface area contributed by atoms with Crippen LogP contribution in [0.5, 0.6) is 0 Å². The van der Waals surface area contributed by atoms with Crippen LogP contribution < -0.4 is 11.5 Å². The van der Waals surface area contributed by atoms with Gasteiger partial charge in [0.2, 0.25) is 0 Å². The number of hydrogen-bond donors (Lipinski definition) is 2. The second-order valence-electron chi connectivity index (χ2n) is 2.63. The minimum absolute atomic E-state index is 0.464. The maximum absolute atomic E-state index is 5.63. The standard InChI is InChI=1S/C8H13N3O/c1-5-8(10)7(9)3-6(11-5)4-12-2/h3H,4,10H2,1-2H3,(H2,9,11). The van der Waals surface area contributed by atoms with E-state index in [1.807, 2.05) is 6.92 Å². The Kier molecular flexibility index (Phi) is 2.50. The third-order valence-electron chi connectivity index (χ3n) is 1.63. The van der Waals surface area contributed by atoms with E-state index in [4.69, 9.17) is 16.2 Å². The van der Waals surface area contributed by atoms with Crippen molar-refractivity contribution in [2.45, 2.75) is 13.5 Å². The Bertz CT molecular complexity index is 263. The number of aryl methyl sites for hydroxylation is 1. The van der Waals surface area contributed by atoms with Gasteiger partial charge in [0, 0.05) is 7.11 Å². The zero-order valence-corrected chi connectivity index (χ0v) is 7.29. The fourth-order valence-corrected chi connectivity index (χ4v) is 0.996. The smallest absolute Gasteiger partial charge is 0.0885 e. The van der Waals surface area contributed by atoms with E-state index in [-0.39, 0.29) is 0 Å². The largest absolute Gasteiger partial charge is 0.397 e. The Morgan fingerprint density at radius 2 is 2.17 bits per heavy atom. The zero-order valence-electron chi connectivity index (χ0n) is 7.29. The van der Waals surface area contributed by atoms with Gasteiger partial charge in [-0.25, -0.2) is 0 Å². The van der Waals surface area contributed by atoms with Crippen LogP contribution in [-0.4, -0.2) is 12.1 Å². The molecule has 1 heterocycles. The number of hydrogen-bond acceptors (Lipinski definition) is 4. The van der Waals surface area contributed by atoms with Gasteiger partial charge in [-0.2, -0.15) is 0 Å². The van der Waals surface area contributed by atoms with Crippen molar-refractivity contribution in [1.29, 1.82) is 0 Å². The summed E-state index contributed by atoms with van der Waals surface area (Å²) in [7, 11) is 1.61. The highest BCUT2D eigenvalue weighted by Crippen LogP contribution is 2.18. The SMILES string of the molecule is COCc1cc(N)c(N)c(C)n1. The van der Waals surface area contributed by atoms with Gasteiger partial charge in [-0.1, -0.05) is 0 Å². The fraction of sp³-hybridized carbons (Fsp3) is 0.375. The number of anilines is 2. The summed E-state index contributed by atoms with van der Waals surface area (Å²) in [4.78, 5) is 4.19. The average molecular weight is 167 g/mol. The zero-order chi connectivity index (χ0) is 9.14. The van der Waals surface area contributed by atoms with Crippen molar-refractivity contribution < 1.29 is 4.74 Å². The summed E-state index contributed by atoms with van der Waals surface area (Å²) in [6, 6.07) is 1.73. The van der Waals surface area contributed by atoms with Crippen LogP contribution in [0.3, 0.4) is 0 Å². The van der Waals surface area contributed by atoms with Crippen molar-refractivity contribution in [2.24, 2.45) is 0 Å². The summed E-state index contributed by atoms with van der Waals surface area (Å²) < 4.78 is 4.92. The Labute approximate surface area is 71.5 Å². The molecule has 0 aliphatic carbocycles. The molecule has 1 aromatic rings. The third kappa shape index (κ3) is 1.65. The maximum Gasteiger partial charge on any atom is 0.0885 e. The van der Waals surface area contributed by atoms with Crippen LogP contribution >= 0.6 is 0 Å². The highest BCUT2D eigenvalue weighted by molar-refractivity contribution is 5.65. The van der Waals surface area contributed by atoms with Crippen LogP contribution in [0.1, 0.15) is 11.4 Å². The predicted octanol–water partition coefficient (Wildman–Crippen LogP) is 0.701. The van der Waals surface area contributed by atoms with Gasteiger partial charge >= 0.3 is 0 Å². The van der Waals surface area contributed by atoms with Gasteiger partial charge in [-0.3, -0.25) is 4.98 Å². The van der Waals surface area contributed by atoms with Gasteiger partial charge in [0.25, 0.3) is 0 Å². The van der Waals surface area contributed by atoms with Crippen molar-refractivity contribution >= 4 is 11.4 Å². The Hall–Kier alpha value is -1.29. The number of nitrogens with two attached hydrogens (primary N) is 2. The highest BCUT2D eigenvalue weighted by atomic mass is 16.5. The molecular formula is C8H13N3O. The lowest BCUT2D eigenvalue weighted by molar-refractivity contribution is 0.181. The Balaban J connectivity index is 3.04. The minimum atomic E-state index is 0.464. The van der Waals surface area contributed by atoms with Gasteiger partial charge in [0.1, 0.15) is 0 Å². The summed E-state index contributed by atoms with van der Waals surface area (Å²) in [5.41, 5.74) is 13.9. The van der Waals surface area contributed by atoms with E-state index in [2.05, 4.69) is 4.98 Å². The summed E-state index contributed by atoms with van der Waals surface area (Å²) in [6.45, 7) is 2.29. The summed E-state index contributed by atoms with van der Waals surface area (Å²) >= 11 is 0. The van der Waals surface area contributed by atoms with E-state index >= 15 is 0 Å². The van der Waals surface area contributed by atoms with Crippen LogP contribution in [0.2, 0.25) is 0 Å². The van der Waals surface area contributed by atoms with Gasteiger partial charge in [0.15, 0.2) is 0 Å². The molecule has 0 unspecified atom stereocenters. The molecule has 0 radical (unpaired) electrons. The Morgan fingerprint density at radius 1 is 1.50 bits per heavy atom. The monoisotopic (exact) mass is 167 g/mol. The second-order valence-corrected chi connectivity index (χ2v) is 2.63. The number of pyridine rings is 1. The quantitative estimate of drug-likeness (QED) is 0.680. The number of nitrogens with zero attached hydrogens (tertiary/aromatic N) is 1. The lowest BCUT2D eigenvalue weighted by atomic mass is 10.2. The van der Waals surface area contributed by atoms with E-state index < -0.39 is 0 Å². The normalized spacial score (nSPS) is 10.2. The second kappa shape index (κ2) is 3.40. The van der Waals surface area contributed by atoms with Crippen molar-refractivity contribution in [3.63, 3.8) is 0 Å². The first-order chi connectivity index (χ1) is 5.65. The van der Waals surface area contributed by atoms with E-state index in [9.17, 15) is 0 Å². The van der Waals surface area contributed by atoms with Crippen LogP contribution in [-0.2, 0) is 11.3 Å². The van der Waals surface area contributed by atoms with E-state index in [0.717, 1.165) is 11.4 Å². The number of nitrogen functional groups attached to an aromatic ring is 2. The molecule has 0 saturated carbocycles. The van der Waals surface area contributed by atoms with Crippen molar-refractivity contribution in [3.8, 4) is 0 Å². The van der Waals surface area contributed by atoms with Crippen LogP contribution in [0.4, 0.5) is 11.4 Å². The van der Waals surface area contributed by atoms with Crippen LogP contribution in [0, 0.1) is 6.92 Å². The first-order valence-corrected chi connectivity index (χ1v) is 3.65. The molecule has 4 nitrogen and oxygen atoms in total. The van der Waals surface area contributed by atoms with Crippen molar-refractivity contribution in [1.82, 2.24) is 4.98 Å². The molecule has 0 bridgehead atoms. The van der Waals surface area contributed by atoms with Gasteiger partial charge in [-0.15, -0.1) is 0 Å². The van der Waals surface area contributed by atoms with Gasteiger partial charge < -0.3 is 16.2 Å². The number of ether oxygens (including phenoxy) is 1. The molecule has 0 aliphatic heterocycles. The maximum atomic E-state index is 5.63. The predicted molar refractivity (Wildman–Crippen MR) is 48.5 cm³/mol. The fourth-order valence-electron chi connectivity index (χ4n) is 0.996.